The summed E-state index contributed by atoms with van der Waals surface area (Å²) < 4.78 is 5.13. The molecule has 0 radical (unpaired) electrons. The molecule has 8 heteroatoms. The van der Waals surface area contributed by atoms with E-state index in [1.165, 1.54) is 12.0 Å². The number of carbonyl (C=O) groups excluding carboxylic acids is 2. The molecule has 1 saturated carbocycles. The highest BCUT2D eigenvalue weighted by Crippen LogP contribution is 2.41. The molecule has 156 valence electrons. The molecule has 0 spiro atoms. The van der Waals surface area contributed by atoms with E-state index >= 15 is 0 Å². The van der Waals surface area contributed by atoms with Gasteiger partial charge >= 0.3 is 18.1 Å². The number of esters is 1. The molecular weight excluding hydrogens is 374 g/mol. The minimum atomic E-state index is -0.944. The van der Waals surface area contributed by atoms with Crippen LogP contribution in [0.1, 0.15) is 37.7 Å². The molecule has 4 rings (SSSR count). The molecule has 2 saturated heterocycles. The maximum absolute atomic E-state index is 12.8. The fourth-order valence-electron chi connectivity index (χ4n) is 5.02. The Kier molecular flexibility index (Phi) is 5.10. The highest BCUT2D eigenvalue weighted by molar-refractivity contribution is 5.95. The SMILES string of the molecule is COC(=O)C1(c2ccc(N3CC4CN(C(=O)O)CCN4C3=O)cc2)CCCCC1. The van der Waals surface area contributed by atoms with Crippen molar-refractivity contribution in [2.24, 2.45) is 0 Å². The van der Waals surface area contributed by atoms with Crippen LogP contribution in [-0.2, 0) is 14.9 Å². The summed E-state index contributed by atoms with van der Waals surface area (Å²) in [6.45, 7) is 1.55. The number of piperazine rings is 1. The Hall–Kier alpha value is -2.77. The number of carboxylic acid groups (broad SMARTS) is 1. The number of hydrogen-bond donors (Lipinski definition) is 1. The van der Waals surface area contributed by atoms with Crippen molar-refractivity contribution in [2.45, 2.75) is 43.6 Å². The zero-order chi connectivity index (χ0) is 20.6. The molecule has 3 amide bonds. The third kappa shape index (κ3) is 3.30. The van der Waals surface area contributed by atoms with E-state index in [4.69, 9.17) is 4.74 Å². The van der Waals surface area contributed by atoms with E-state index in [0.717, 1.165) is 43.4 Å². The number of nitrogens with zero attached hydrogens (tertiary/aromatic N) is 3. The largest absolute Gasteiger partial charge is 0.468 e. The number of hydrogen-bond acceptors (Lipinski definition) is 4. The zero-order valence-corrected chi connectivity index (χ0v) is 16.7. The summed E-state index contributed by atoms with van der Waals surface area (Å²) >= 11 is 0. The molecule has 29 heavy (non-hydrogen) atoms. The Morgan fingerprint density at radius 1 is 1.07 bits per heavy atom. The molecule has 1 aromatic carbocycles. The van der Waals surface area contributed by atoms with Gasteiger partial charge in [-0.05, 0) is 30.5 Å². The second kappa shape index (κ2) is 7.57. The standard InChI is InChI=1S/C21H27N3O5/c1-29-18(25)21(9-3-2-4-10-21)15-5-7-16(8-6-15)24-14-17-13-22(20(27)28)11-12-23(17)19(24)26/h5-8,17H,2-4,9-14H2,1H3,(H,27,28). The van der Waals surface area contributed by atoms with Gasteiger partial charge in [0.05, 0.1) is 18.6 Å². The van der Waals surface area contributed by atoms with Crippen LogP contribution in [0.5, 0.6) is 0 Å². The molecule has 8 nitrogen and oxygen atoms in total. The highest BCUT2D eigenvalue weighted by atomic mass is 16.5. The molecule has 1 unspecified atom stereocenters. The van der Waals surface area contributed by atoms with E-state index in [-0.39, 0.29) is 18.0 Å². The smallest absolute Gasteiger partial charge is 0.407 e. The monoisotopic (exact) mass is 401 g/mol. The summed E-state index contributed by atoms with van der Waals surface area (Å²) in [4.78, 5) is 41.5. The van der Waals surface area contributed by atoms with Crippen molar-refractivity contribution in [1.82, 2.24) is 9.80 Å². The number of carbonyl (C=O) groups is 3. The van der Waals surface area contributed by atoms with Crippen molar-refractivity contribution in [3.05, 3.63) is 29.8 Å². The first-order valence-electron chi connectivity index (χ1n) is 10.2. The predicted octanol–water partition coefficient (Wildman–Crippen LogP) is 2.67. The number of amides is 3. The number of fused-ring (bicyclic) bond motifs is 1. The van der Waals surface area contributed by atoms with Crippen LogP contribution in [0, 0.1) is 0 Å². The van der Waals surface area contributed by atoms with Crippen LogP contribution in [0.2, 0.25) is 0 Å². The Bertz CT molecular complexity index is 803. The zero-order valence-electron chi connectivity index (χ0n) is 16.7. The number of ether oxygens (including phenoxy) is 1. The number of anilines is 1. The normalized spacial score (nSPS) is 23.7. The van der Waals surface area contributed by atoms with Gasteiger partial charge in [-0.2, -0.15) is 0 Å². The first-order valence-corrected chi connectivity index (χ1v) is 10.2. The van der Waals surface area contributed by atoms with Crippen molar-refractivity contribution in [3.8, 4) is 0 Å². The third-order valence-electron chi connectivity index (χ3n) is 6.64. The second-order valence-corrected chi connectivity index (χ2v) is 8.15. The van der Waals surface area contributed by atoms with E-state index in [0.29, 0.717) is 26.2 Å². The quantitative estimate of drug-likeness (QED) is 0.787. The van der Waals surface area contributed by atoms with E-state index in [1.807, 2.05) is 24.3 Å². The lowest BCUT2D eigenvalue weighted by molar-refractivity contribution is -0.149. The Morgan fingerprint density at radius 2 is 1.76 bits per heavy atom. The molecule has 3 fully saturated rings. The van der Waals surface area contributed by atoms with Gasteiger partial charge in [-0.3, -0.25) is 9.69 Å². The van der Waals surface area contributed by atoms with Gasteiger partial charge in [0.15, 0.2) is 0 Å². The lowest BCUT2D eigenvalue weighted by Crippen LogP contribution is -2.53. The maximum Gasteiger partial charge on any atom is 0.407 e. The van der Waals surface area contributed by atoms with Crippen molar-refractivity contribution >= 4 is 23.8 Å². The summed E-state index contributed by atoms with van der Waals surface area (Å²) in [7, 11) is 1.44. The van der Waals surface area contributed by atoms with Crippen LogP contribution in [-0.4, -0.2) is 72.3 Å². The fourth-order valence-corrected chi connectivity index (χ4v) is 5.02. The van der Waals surface area contributed by atoms with E-state index < -0.39 is 11.5 Å². The maximum atomic E-state index is 12.8. The number of rotatable bonds is 3. The summed E-state index contributed by atoms with van der Waals surface area (Å²) in [5.41, 5.74) is 1.11. The Morgan fingerprint density at radius 3 is 2.38 bits per heavy atom. The van der Waals surface area contributed by atoms with Crippen LogP contribution in [0.15, 0.2) is 24.3 Å². The van der Waals surface area contributed by atoms with Gasteiger partial charge in [0.2, 0.25) is 0 Å². The lowest BCUT2D eigenvalue weighted by atomic mass is 9.69. The lowest BCUT2D eigenvalue weighted by Gasteiger charge is -2.35. The van der Waals surface area contributed by atoms with Crippen molar-refractivity contribution in [1.29, 1.82) is 0 Å². The van der Waals surface area contributed by atoms with E-state index in [9.17, 15) is 19.5 Å². The summed E-state index contributed by atoms with van der Waals surface area (Å²) in [6, 6.07) is 7.43. The van der Waals surface area contributed by atoms with Crippen LogP contribution in [0.3, 0.4) is 0 Å². The number of urea groups is 1. The molecule has 2 aliphatic heterocycles. The topological polar surface area (TPSA) is 90.4 Å². The van der Waals surface area contributed by atoms with Gasteiger partial charge in [0, 0.05) is 31.9 Å². The van der Waals surface area contributed by atoms with Crippen molar-refractivity contribution in [2.75, 3.05) is 38.2 Å². The van der Waals surface area contributed by atoms with Gasteiger partial charge in [-0.25, -0.2) is 9.59 Å². The molecular formula is C21H27N3O5. The Balaban J connectivity index is 1.54. The van der Waals surface area contributed by atoms with Gasteiger partial charge < -0.3 is 19.6 Å². The first-order chi connectivity index (χ1) is 14.0. The molecule has 3 aliphatic rings. The van der Waals surface area contributed by atoms with E-state index in [1.54, 1.807) is 9.80 Å². The van der Waals surface area contributed by atoms with Gasteiger partial charge in [-0.15, -0.1) is 0 Å². The van der Waals surface area contributed by atoms with Crippen molar-refractivity contribution < 1.29 is 24.2 Å². The fraction of sp³-hybridized carbons (Fsp3) is 0.571. The van der Waals surface area contributed by atoms with Gasteiger partial charge in [0.25, 0.3) is 0 Å². The van der Waals surface area contributed by atoms with Crippen LogP contribution in [0.25, 0.3) is 0 Å². The number of methoxy groups -OCH3 is 1. The molecule has 1 aliphatic carbocycles. The minimum Gasteiger partial charge on any atom is -0.468 e. The van der Waals surface area contributed by atoms with Gasteiger partial charge in [-0.1, -0.05) is 31.4 Å². The summed E-state index contributed by atoms with van der Waals surface area (Å²) in [5.74, 6) is -0.187. The Labute approximate surface area is 170 Å². The molecule has 0 bridgehead atoms. The molecule has 2 heterocycles. The van der Waals surface area contributed by atoms with Gasteiger partial charge in [0.1, 0.15) is 0 Å². The first kappa shape index (κ1) is 19.5. The summed E-state index contributed by atoms with van der Waals surface area (Å²) in [5, 5.41) is 9.22. The van der Waals surface area contributed by atoms with Crippen LogP contribution < -0.4 is 4.90 Å². The van der Waals surface area contributed by atoms with E-state index in [2.05, 4.69) is 0 Å². The average molecular weight is 401 g/mol. The average Bonchev–Trinajstić information content (AvgIpc) is 3.09. The predicted molar refractivity (Wildman–Crippen MR) is 106 cm³/mol. The second-order valence-electron chi connectivity index (χ2n) is 8.15. The van der Waals surface area contributed by atoms with Crippen LogP contribution in [0.4, 0.5) is 15.3 Å². The molecule has 0 aromatic heterocycles. The van der Waals surface area contributed by atoms with Crippen LogP contribution >= 0.6 is 0 Å². The molecule has 1 atom stereocenters. The molecule has 1 aromatic rings. The minimum absolute atomic E-state index is 0.0897. The summed E-state index contributed by atoms with van der Waals surface area (Å²) in [6.07, 6.45) is 3.74. The number of benzene rings is 1. The third-order valence-corrected chi connectivity index (χ3v) is 6.64. The molecule has 1 N–H and O–H groups in total. The highest BCUT2D eigenvalue weighted by Gasteiger charge is 2.44. The van der Waals surface area contributed by atoms with Crippen molar-refractivity contribution in [3.63, 3.8) is 0 Å².